The monoisotopic (exact) mass is 278 g/mol. The van der Waals surface area contributed by atoms with Crippen molar-refractivity contribution in [3.8, 4) is 0 Å². The Morgan fingerprint density at radius 2 is 1.86 bits per heavy atom. The summed E-state index contributed by atoms with van der Waals surface area (Å²) in [6.45, 7) is 0. The molecule has 0 aliphatic rings. The van der Waals surface area contributed by atoms with Crippen molar-refractivity contribution in [3.05, 3.63) is 29.8 Å². The molecule has 0 spiro atoms. The fourth-order valence-electron chi connectivity index (χ4n) is 1.03. The maximum atomic E-state index is 11.1. The summed E-state index contributed by atoms with van der Waals surface area (Å²) in [5.74, 6) is 0. The zero-order valence-electron chi connectivity index (χ0n) is 7.64. The molecule has 0 aromatic heterocycles. The van der Waals surface area contributed by atoms with Gasteiger partial charge in [-0.25, -0.2) is 8.42 Å². The Morgan fingerprint density at radius 3 is 2.21 bits per heavy atom. The molecular formula is C9H11BrO3S. The second kappa shape index (κ2) is 4.42. The first-order chi connectivity index (χ1) is 6.45. The average Bonchev–Trinajstić information content (AvgIpc) is 2.15. The maximum absolute atomic E-state index is 11.1. The summed E-state index contributed by atoms with van der Waals surface area (Å²) in [7, 11) is -3.15. The van der Waals surface area contributed by atoms with Crippen LogP contribution in [0.2, 0.25) is 0 Å². The molecule has 0 amide bonds. The van der Waals surface area contributed by atoms with Crippen LogP contribution in [0, 0.1) is 0 Å². The van der Waals surface area contributed by atoms with Gasteiger partial charge in [-0.3, -0.25) is 0 Å². The summed E-state index contributed by atoms with van der Waals surface area (Å²) in [5.41, 5.74) is 0.703. The molecule has 1 atom stereocenters. The van der Waals surface area contributed by atoms with Gasteiger partial charge in [0.2, 0.25) is 0 Å². The van der Waals surface area contributed by atoms with Crippen molar-refractivity contribution in [2.45, 2.75) is 11.0 Å². The number of aliphatic hydroxyl groups is 1. The lowest BCUT2D eigenvalue weighted by molar-refractivity contribution is 0.205. The second-order valence-electron chi connectivity index (χ2n) is 3.01. The van der Waals surface area contributed by atoms with Gasteiger partial charge in [-0.05, 0) is 17.7 Å². The molecule has 0 aliphatic heterocycles. The van der Waals surface area contributed by atoms with Gasteiger partial charge in [0.05, 0.1) is 11.0 Å². The van der Waals surface area contributed by atoms with Crippen LogP contribution in [-0.2, 0) is 9.84 Å². The molecule has 0 aliphatic carbocycles. The highest BCUT2D eigenvalue weighted by Gasteiger charge is 2.09. The molecule has 5 heteroatoms. The number of hydrogen-bond donors (Lipinski definition) is 1. The lowest BCUT2D eigenvalue weighted by atomic mass is 10.1. The Balaban J connectivity index is 3.01. The van der Waals surface area contributed by atoms with Gasteiger partial charge in [0.25, 0.3) is 0 Å². The van der Waals surface area contributed by atoms with Gasteiger partial charge in [0, 0.05) is 11.6 Å². The molecular weight excluding hydrogens is 268 g/mol. The minimum absolute atomic E-state index is 0.267. The van der Waals surface area contributed by atoms with Crippen LogP contribution >= 0.6 is 15.9 Å². The summed E-state index contributed by atoms with van der Waals surface area (Å²) in [6, 6.07) is 6.22. The van der Waals surface area contributed by atoms with E-state index in [0.717, 1.165) is 6.26 Å². The van der Waals surface area contributed by atoms with Crippen molar-refractivity contribution >= 4 is 25.8 Å². The summed E-state index contributed by atoms with van der Waals surface area (Å²) in [4.78, 5) is 0.267. The molecule has 14 heavy (non-hydrogen) atoms. The standard InChI is InChI=1S/C9H11BrO3S/c1-14(12,13)8-4-2-7(3-5-8)9(11)6-10/h2-5,9,11H,6H2,1H3/t9-/m1/s1. The quantitative estimate of drug-likeness (QED) is 0.853. The van der Waals surface area contributed by atoms with Crippen molar-refractivity contribution in [1.82, 2.24) is 0 Å². The zero-order valence-corrected chi connectivity index (χ0v) is 10.0. The highest BCUT2D eigenvalue weighted by molar-refractivity contribution is 9.09. The molecule has 1 aromatic carbocycles. The van der Waals surface area contributed by atoms with E-state index < -0.39 is 15.9 Å². The number of hydrogen-bond acceptors (Lipinski definition) is 3. The van der Waals surface area contributed by atoms with Crippen molar-refractivity contribution in [2.24, 2.45) is 0 Å². The minimum Gasteiger partial charge on any atom is -0.388 e. The van der Waals surface area contributed by atoms with Crippen LogP contribution in [0.3, 0.4) is 0 Å². The van der Waals surface area contributed by atoms with E-state index in [9.17, 15) is 13.5 Å². The van der Waals surface area contributed by atoms with Crippen molar-refractivity contribution in [3.63, 3.8) is 0 Å². The Bertz CT molecular complexity index is 397. The molecule has 3 nitrogen and oxygen atoms in total. The van der Waals surface area contributed by atoms with Crippen LogP contribution < -0.4 is 0 Å². The average molecular weight is 279 g/mol. The van der Waals surface area contributed by atoms with Crippen LogP contribution in [-0.4, -0.2) is 25.1 Å². The van der Waals surface area contributed by atoms with Gasteiger partial charge in [-0.2, -0.15) is 0 Å². The highest BCUT2D eigenvalue weighted by Crippen LogP contribution is 2.17. The van der Waals surface area contributed by atoms with Crippen LogP contribution in [0.1, 0.15) is 11.7 Å². The first-order valence-electron chi connectivity index (χ1n) is 3.99. The summed E-state index contributed by atoms with van der Waals surface area (Å²) in [6.07, 6.45) is 0.562. The van der Waals surface area contributed by atoms with Gasteiger partial charge in [0.1, 0.15) is 0 Å². The molecule has 0 bridgehead atoms. The van der Waals surface area contributed by atoms with Crippen molar-refractivity contribution in [2.75, 3.05) is 11.6 Å². The van der Waals surface area contributed by atoms with E-state index in [2.05, 4.69) is 15.9 Å². The first kappa shape index (κ1) is 11.7. The molecule has 0 fully saturated rings. The predicted molar refractivity (Wildman–Crippen MR) is 58.3 cm³/mol. The largest absolute Gasteiger partial charge is 0.388 e. The van der Waals surface area contributed by atoms with E-state index >= 15 is 0 Å². The number of alkyl halides is 1. The summed E-state index contributed by atoms with van der Waals surface area (Å²) in [5, 5.41) is 9.86. The third-order valence-corrected chi connectivity index (χ3v) is 3.58. The van der Waals surface area contributed by atoms with E-state index in [-0.39, 0.29) is 4.90 Å². The Labute approximate surface area is 91.8 Å². The van der Waals surface area contributed by atoms with Gasteiger partial charge in [-0.1, -0.05) is 28.1 Å². The van der Waals surface area contributed by atoms with Gasteiger partial charge >= 0.3 is 0 Å². The maximum Gasteiger partial charge on any atom is 0.175 e. The van der Waals surface area contributed by atoms with Crippen LogP contribution in [0.4, 0.5) is 0 Å². The van der Waals surface area contributed by atoms with Crippen LogP contribution in [0.15, 0.2) is 29.2 Å². The first-order valence-corrected chi connectivity index (χ1v) is 7.00. The molecule has 0 unspecified atom stereocenters. The molecule has 78 valence electrons. The third kappa shape index (κ3) is 2.80. The number of aliphatic hydroxyl groups excluding tert-OH is 1. The van der Waals surface area contributed by atoms with Gasteiger partial charge < -0.3 is 5.11 Å². The van der Waals surface area contributed by atoms with E-state index in [1.165, 1.54) is 12.1 Å². The fourth-order valence-corrected chi connectivity index (χ4v) is 2.03. The molecule has 1 rings (SSSR count). The predicted octanol–water partition coefficient (Wildman–Crippen LogP) is 1.52. The third-order valence-electron chi connectivity index (χ3n) is 1.84. The van der Waals surface area contributed by atoms with Gasteiger partial charge in [0.15, 0.2) is 9.84 Å². The van der Waals surface area contributed by atoms with Crippen molar-refractivity contribution in [1.29, 1.82) is 0 Å². The van der Waals surface area contributed by atoms with Crippen molar-refractivity contribution < 1.29 is 13.5 Å². The topological polar surface area (TPSA) is 54.4 Å². The normalized spacial score (nSPS) is 13.9. The fraction of sp³-hybridized carbons (Fsp3) is 0.333. The van der Waals surface area contributed by atoms with E-state index in [4.69, 9.17) is 0 Å². The number of rotatable bonds is 3. The van der Waals surface area contributed by atoms with E-state index in [0.29, 0.717) is 10.9 Å². The summed E-state index contributed by atoms with van der Waals surface area (Å²) < 4.78 is 22.2. The van der Waals surface area contributed by atoms with E-state index in [1.807, 2.05) is 0 Å². The Morgan fingerprint density at radius 1 is 1.36 bits per heavy atom. The smallest absolute Gasteiger partial charge is 0.175 e. The molecule has 0 heterocycles. The second-order valence-corrected chi connectivity index (χ2v) is 5.67. The lowest BCUT2D eigenvalue weighted by Crippen LogP contribution is -2.00. The number of benzene rings is 1. The molecule has 0 saturated heterocycles. The lowest BCUT2D eigenvalue weighted by Gasteiger charge is -2.07. The van der Waals surface area contributed by atoms with E-state index in [1.54, 1.807) is 12.1 Å². The number of sulfone groups is 1. The minimum atomic E-state index is -3.15. The zero-order chi connectivity index (χ0) is 10.8. The summed E-state index contributed by atoms with van der Waals surface area (Å²) >= 11 is 3.14. The number of halogens is 1. The van der Waals surface area contributed by atoms with Crippen LogP contribution in [0.25, 0.3) is 0 Å². The SMILES string of the molecule is CS(=O)(=O)c1ccc([C@H](O)CBr)cc1. The molecule has 1 aromatic rings. The Hall–Kier alpha value is -0.390. The highest BCUT2D eigenvalue weighted by atomic mass is 79.9. The molecule has 0 radical (unpaired) electrons. The van der Waals surface area contributed by atoms with Gasteiger partial charge in [-0.15, -0.1) is 0 Å². The molecule has 0 saturated carbocycles. The van der Waals surface area contributed by atoms with Crippen LogP contribution in [0.5, 0.6) is 0 Å². The molecule has 1 N–H and O–H groups in total. The Kier molecular flexibility index (Phi) is 3.69.